The molecule has 0 spiro atoms. The fraction of sp³-hybridized carbons (Fsp3) is 0.538. The zero-order valence-corrected chi connectivity index (χ0v) is 10.4. The molecule has 0 bridgehead atoms. The SMILES string of the molecule is CCN(Cc1cc(OC)ccc1O)C1CNC1. The Labute approximate surface area is 102 Å². The van der Waals surface area contributed by atoms with E-state index in [1.54, 1.807) is 19.2 Å². The van der Waals surface area contributed by atoms with Crippen molar-refractivity contribution < 1.29 is 9.84 Å². The van der Waals surface area contributed by atoms with Gasteiger partial charge in [0, 0.05) is 31.2 Å². The van der Waals surface area contributed by atoms with Gasteiger partial charge in [-0.2, -0.15) is 0 Å². The highest BCUT2D eigenvalue weighted by atomic mass is 16.5. The van der Waals surface area contributed by atoms with Gasteiger partial charge in [-0.1, -0.05) is 6.92 Å². The van der Waals surface area contributed by atoms with E-state index in [1.807, 2.05) is 6.07 Å². The number of likely N-dealkylation sites (N-methyl/N-ethyl adjacent to an activating group) is 1. The van der Waals surface area contributed by atoms with Crippen LogP contribution in [0.15, 0.2) is 18.2 Å². The first-order chi connectivity index (χ1) is 8.24. The van der Waals surface area contributed by atoms with Crippen LogP contribution in [0.1, 0.15) is 12.5 Å². The first kappa shape index (κ1) is 12.2. The third-order valence-electron chi connectivity index (χ3n) is 3.34. The van der Waals surface area contributed by atoms with Gasteiger partial charge in [-0.25, -0.2) is 0 Å². The highest BCUT2D eigenvalue weighted by molar-refractivity contribution is 5.39. The number of benzene rings is 1. The van der Waals surface area contributed by atoms with E-state index < -0.39 is 0 Å². The van der Waals surface area contributed by atoms with Crippen molar-refractivity contribution >= 4 is 0 Å². The Bertz CT molecular complexity index is 378. The fourth-order valence-electron chi connectivity index (χ4n) is 2.07. The molecule has 94 valence electrons. The molecule has 1 aliphatic rings. The van der Waals surface area contributed by atoms with Crippen LogP contribution < -0.4 is 10.1 Å². The molecule has 1 aromatic carbocycles. The van der Waals surface area contributed by atoms with Crippen LogP contribution in [-0.4, -0.2) is 42.8 Å². The maximum Gasteiger partial charge on any atom is 0.120 e. The minimum absolute atomic E-state index is 0.344. The van der Waals surface area contributed by atoms with Crippen LogP contribution in [0.4, 0.5) is 0 Å². The van der Waals surface area contributed by atoms with E-state index in [-0.39, 0.29) is 0 Å². The van der Waals surface area contributed by atoms with E-state index in [1.165, 1.54) is 0 Å². The quantitative estimate of drug-likeness (QED) is 0.806. The third-order valence-corrected chi connectivity index (χ3v) is 3.34. The molecule has 4 nitrogen and oxygen atoms in total. The van der Waals surface area contributed by atoms with Gasteiger partial charge in [-0.05, 0) is 24.7 Å². The lowest BCUT2D eigenvalue weighted by Gasteiger charge is -2.37. The molecule has 1 heterocycles. The number of rotatable bonds is 5. The summed E-state index contributed by atoms with van der Waals surface area (Å²) in [7, 11) is 1.64. The minimum Gasteiger partial charge on any atom is -0.508 e. The molecule has 0 amide bonds. The second kappa shape index (κ2) is 5.38. The van der Waals surface area contributed by atoms with Crippen molar-refractivity contribution in [2.75, 3.05) is 26.7 Å². The molecular formula is C13H20N2O2. The number of aromatic hydroxyl groups is 1. The van der Waals surface area contributed by atoms with Gasteiger partial charge in [0.1, 0.15) is 11.5 Å². The lowest BCUT2D eigenvalue weighted by atomic mass is 10.1. The summed E-state index contributed by atoms with van der Waals surface area (Å²) in [6.45, 7) is 5.99. The normalized spacial score (nSPS) is 15.9. The predicted molar refractivity (Wildman–Crippen MR) is 67.4 cm³/mol. The van der Waals surface area contributed by atoms with Gasteiger partial charge < -0.3 is 15.2 Å². The molecule has 2 N–H and O–H groups in total. The van der Waals surface area contributed by atoms with E-state index in [2.05, 4.69) is 17.1 Å². The summed E-state index contributed by atoms with van der Waals surface area (Å²) in [5.41, 5.74) is 0.929. The zero-order chi connectivity index (χ0) is 12.3. The molecule has 4 heteroatoms. The van der Waals surface area contributed by atoms with Crippen LogP contribution in [0.2, 0.25) is 0 Å². The lowest BCUT2D eigenvalue weighted by Crippen LogP contribution is -2.56. The van der Waals surface area contributed by atoms with Crippen molar-refractivity contribution in [1.82, 2.24) is 10.2 Å². The van der Waals surface area contributed by atoms with Gasteiger partial charge in [0.2, 0.25) is 0 Å². The predicted octanol–water partition coefficient (Wildman–Crippen LogP) is 1.19. The molecule has 0 unspecified atom stereocenters. The van der Waals surface area contributed by atoms with Crippen LogP contribution in [-0.2, 0) is 6.54 Å². The van der Waals surface area contributed by atoms with Gasteiger partial charge in [-0.3, -0.25) is 4.90 Å². The summed E-state index contributed by atoms with van der Waals surface area (Å²) in [4.78, 5) is 2.37. The summed E-state index contributed by atoms with van der Waals surface area (Å²) >= 11 is 0. The van der Waals surface area contributed by atoms with Crippen molar-refractivity contribution in [3.63, 3.8) is 0 Å². The maximum atomic E-state index is 9.85. The molecule has 1 aliphatic heterocycles. The summed E-state index contributed by atoms with van der Waals surface area (Å²) in [5, 5.41) is 13.1. The highest BCUT2D eigenvalue weighted by Gasteiger charge is 2.23. The molecule has 0 atom stereocenters. The van der Waals surface area contributed by atoms with Crippen LogP contribution in [0.3, 0.4) is 0 Å². The average molecular weight is 236 g/mol. The first-order valence-electron chi connectivity index (χ1n) is 6.05. The molecular weight excluding hydrogens is 216 g/mol. The lowest BCUT2D eigenvalue weighted by molar-refractivity contribution is 0.144. The largest absolute Gasteiger partial charge is 0.508 e. The number of hydrogen-bond donors (Lipinski definition) is 2. The summed E-state index contributed by atoms with van der Waals surface area (Å²) in [6, 6.07) is 5.97. The number of ether oxygens (including phenoxy) is 1. The number of hydrogen-bond acceptors (Lipinski definition) is 4. The Morgan fingerprint density at radius 3 is 2.76 bits per heavy atom. The second-order valence-electron chi connectivity index (χ2n) is 4.37. The van der Waals surface area contributed by atoms with E-state index in [0.29, 0.717) is 11.8 Å². The summed E-state index contributed by atoms with van der Waals surface area (Å²) < 4.78 is 5.18. The van der Waals surface area contributed by atoms with Gasteiger partial charge in [-0.15, -0.1) is 0 Å². The Morgan fingerprint density at radius 1 is 1.47 bits per heavy atom. The molecule has 2 rings (SSSR count). The van der Waals surface area contributed by atoms with Crippen molar-refractivity contribution in [2.24, 2.45) is 0 Å². The van der Waals surface area contributed by atoms with E-state index in [4.69, 9.17) is 4.74 Å². The van der Waals surface area contributed by atoms with Gasteiger partial charge in [0.15, 0.2) is 0 Å². The van der Waals surface area contributed by atoms with Crippen molar-refractivity contribution in [1.29, 1.82) is 0 Å². The van der Waals surface area contributed by atoms with E-state index in [0.717, 1.165) is 37.5 Å². The Morgan fingerprint density at radius 2 is 2.24 bits per heavy atom. The topological polar surface area (TPSA) is 44.7 Å². The molecule has 1 fully saturated rings. The van der Waals surface area contributed by atoms with Crippen LogP contribution in [0.5, 0.6) is 11.5 Å². The molecule has 17 heavy (non-hydrogen) atoms. The van der Waals surface area contributed by atoms with Gasteiger partial charge in [0.25, 0.3) is 0 Å². The van der Waals surface area contributed by atoms with Crippen LogP contribution >= 0.6 is 0 Å². The summed E-state index contributed by atoms with van der Waals surface area (Å²) in [5.74, 6) is 1.14. The van der Waals surface area contributed by atoms with Crippen molar-refractivity contribution in [3.05, 3.63) is 23.8 Å². The standard InChI is InChI=1S/C13H20N2O2/c1-3-15(11-7-14-8-11)9-10-6-12(17-2)4-5-13(10)16/h4-6,11,14,16H,3,7-9H2,1-2H3. The Kier molecular flexibility index (Phi) is 3.86. The summed E-state index contributed by atoms with van der Waals surface area (Å²) in [6.07, 6.45) is 0. The van der Waals surface area contributed by atoms with E-state index in [9.17, 15) is 5.11 Å². The number of nitrogens with zero attached hydrogens (tertiary/aromatic N) is 1. The third kappa shape index (κ3) is 2.70. The molecule has 0 radical (unpaired) electrons. The van der Waals surface area contributed by atoms with Gasteiger partial charge >= 0.3 is 0 Å². The van der Waals surface area contributed by atoms with Crippen molar-refractivity contribution in [3.8, 4) is 11.5 Å². The van der Waals surface area contributed by atoms with E-state index >= 15 is 0 Å². The number of nitrogens with one attached hydrogen (secondary N) is 1. The van der Waals surface area contributed by atoms with Crippen LogP contribution in [0.25, 0.3) is 0 Å². The minimum atomic E-state index is 0.344. The number of methoxy groups -OCH3 is 1. The molecule has 0 aromatic heterocycles. The molecule has 0 aliphatic carbocycles. The molecule has 1 aromatic rings. The number of phenolic OH excluding ortho intramolecular Hbond substituents is 1. The first-order valence-corrected chi connectivity index (χ1v) is 6.05. The average Bonchev–Trinajstić information content (AvgIpc) is 2.28. The smallest absolute Gasteiger partial charge is 0.120 e. The Balaban J connectivity index is 2.09. The molecule has 0 saturated carbocycles. The van der Waals surface area contributed by atoms with Crippen LogP contribution in [0, 0.1) is 0 Å². The fourth-order valence-corrected chi connectivity index (χ4v) is 2.07. The Hall–Kier alpha value is -1.26. The van der Waals surface area contributed by atoms with Crippen molar-refractivity contribution in [2.45, 2.75) is 19.5 Å². The number of phenols is 1. The monoisotopic (exact) mass is 236 g/mol. The second-order valence-corrected chi connectivity index (χ2v) is 4.37. The van der Waals surface area contributed by atoms with Gasteiger partial charge in [0.05, 0.1) is 7.11 Å². The zero-order valence-electron chi connectivity index (χ0n) is 10.4. The highest BCUT2D eigenvalue weighted by Crippen LogP contribution is 2.25. The molecule has 1 saturated heterocycles. The maximum absolute atomic E-state index is 9.85.